The van der Waals surface area contributed by atoms with E-state index in [-0.39, 0.29) is 0 Å². The molecule has 0 aromatic carbocycles. The highest BCUT2D eigenvalue weighted by Crippen LogP contribution is 2.14. The molecule has 0 radical (unpaired) electrons. The Morgan fingerprint density at radius 3 is 1.60 bits per heavy atom. The first-order valence-corrected chi connectivity index (χ1v) is 8.98. The molecule has 1 heteroatoms. The summed E-state index contributed by atoms with van der Waals surface area (Å²) in [4.78, 5) is 2.24. The lowest BCUT2D eigenvalue weighted by molar-refractivity contribution is 0.410. The van der Waals surface area contributed by atoms with Crippen molar-refractivity contribution in [3.05, 3.63) is 12.2 Å². The zero-order chi connectivity index (χ0) is 15.1. The van der Waals surface area contributed by atoms with Crippen molar-refractivity contribution in [2.75, 3.05) is 20.6 Å². The standard InChI is InChI=1S/C19H39N/c1-5-6-7-8-9-10-11-12-13-14-15-16-19(2)17-18-20(3)4/h2,5-18H2,1,3-4H3. The van der Waals surface area contributed by atoms with E-state index >= 15 is 0 Å². The summed E-state index contributed by atoms with van der Waals surface area (Å²) in [5.74, 6) is 0. The van der Waals surface area contributed by atoms with E-state index in [1.54, 1.807) is 0 Å². The lowest BCUT2D eigenvalue weighted by Gasteiger charge is -2.11. The van der Waals surface area contributed by atoms with Gasteiger partial charge in [0.25, 0.3) is 0 Å². The molecule has 20 heavy (non-hydrogen) atoms. The van der Waals surface area contributed by atoms with E-state index in [0.717, 1.165) is 6.54 Å². The predicted octanol–water partition coefficient (Wildman–Crippen LogP) is 6.20. The third-order valence-corrected chi connectivity index (χ3v) is 4.05. The Labute approximate surface area is 128 Å². The van der Waals surface area contributed by atoms with Gasteiger partial charge in [-0.3, -0.25) is 0 Å². The summed E-state index contributed by atoms with van der Waals surface area (Å²) in [7, 11) is 4.27. The van der Waals surface area contributed by atoms with Gasteiger partial charge in [0.05, 0.1) is 0 Å². The molecular formula is C19H39N. The molecule has 0 atom stereocenters. The molecular weight excluding hydrogens is 242 g/mol. The van der Waals surface area contributed by atoms with E-state index in [4.69, 9.17) is 0 Å². The van der Waals surface area contributed by atoms with Gasteiger partial charge in [-0.1, -0.05) is 83.3 Å². The van der Waals surface area contributed by atoms with E-state index in [2.05, 4.69) is 32.5 Å². The molecule has 0 aromatic rings. The summed E-state index contributed by atoms with van der Waals surface area (Å²) >= 11 is 0. The minimum absolute atomic E-state index is 1.15. The fourth-order valence-corrected chi connectivity index (χ4v) is 2.55. The van der Waals surface area contributed by atoms with E-state index in [9.17, 15) is 0 Å². The van der Waals surface area contributed by atoms with Gasteiger partial charge < -0.3 is 4.90 Å². The van der Waals surface area contributed by atoms with Gasteiger partial charge in [-0.05, 0) is 33.4 Å². The highest BCUT2D eigenvalue weighted by Gasteiger charge is 1.97. The van der Waals surface area contributed by atoms with Gasteiger partial charge in [0.1, 0.15) is 0 Å². The number of rotatable bonds is 15. The molecule has 0 spiro atoms. The molecule has 0 fully saturated rings. The van der Waals surface area contributed by atoms with Crippen LogP contribution in [0.5, 0.6) is 0 Å². The van der Waals surface area contributed by atoms with Gasteiger partial charge in [-0.25, -0.2) is 0 Å². The number of nitrogens with zero attached hydrogens (tertiary/aromatic N) is 1. The highest BCUT2D eigenvalue weighted by atomic mass is 15.0. The fraction of sp³-hybridized carbons (Fsp3) is 0.895. The van der Waals surface area contributed by atoms with Crippen LogP contribution in [0.25, 0.3) is 0 Å². The second-order valence-electron chi connectivity index (χ2n) is 6.59. The van der Waals surface area contributed by atoms with Crippen LogP contribution in [-0.2, 0) is 0 Å². The monoisotopic (exact) mass is 281 g/mol. The van der Waals surface area contributed by atoms with Crippen LogP contribution in [-0.4, -0.2) is 25.5 Å². The maximum atomic E-state index is 4.18. The highest BCUT2D eigenvalue weighted by molar-refractivity contribution is 4.94. The van der Waals surface area contributed by atoms with Gasteiger partial charge in [0, 0.05) is 6.54 Å². The molecule has 0 saturated heterocycles. The molecule has 0 aliphatic rings. The fourth-order valence-electron chi connectivity index (χ4n) is 2.55. The van der Waals surface area contributed by atoms with Crippen molar-refractivity contribution < 1.29 is 0 Å². The molecule has 0 amide bonds. The lowest BCUT2D eigenvalue weighted by Crippen LogP contribution is -2.13. The van der Waals surface area contributed by atoms with E-state index in [1.807, 2.05) is 0 Å². The second-order valence-corrected chi connectivity index (χ2v) is 6.59. The molecule has 120 valence electrons. The Balaban J connectivity index is 3.11. The molecule has 1 nitrogen and oxygen atoms in total. The van der Waals surface area contributed by atoms with Crippen LogP contribution in [0.3, 0.4) is 0 Å². The summed E-state index contributed by atoms with van der Waals surface area (Å²) in [6.07, 6.45) is 18.1. The van der Waals surface area contributed by atoms with Crippen molar-refractivity contribution in [3.63, 3.8) is 0 Å². The van der Waals surface area contributed by atoms with Gasteiger partial charge in [0.2, 0.25) is 0 Å². The van der Waals surface area contributed by atoms with Crippen molar-refractivity contribution in [1.29, 1.82) is 0 Å². The summed E-state index contributed by atoms with van der Waals surface area (Å²) < 4.78 is 0. The topological polar surface area (TPSA) is 3.24 Å². The summed E-state index contributed by atoms with van der Waals surface area (Å²) in [5.41, 5.74) is 1.44. The lowest BCUT2D eigenvalue weighted by atomic mass is 10.0. The summed E-state index contributed by atoms with van der Waals surface area (Å²) in [6, 6.07) is 0. The number of unbranched alkanes of at least 4 members (excludes halogenated alkanes) is 10. The predicted molar refractivity (Wildman–Crippen MR) is 93.4 cm³/mol. The largest absolute Gasteiger partial charge is 0.309 e. The van der Waals surface area contributed by atoms with Crippen LogP contribution in [0.2, 0.25) is 0 Å². The van der Waals surface area contributed by atoms with Crippen LogP contribution < -0.4 is 0 Å². The van der Waals surface area contributed by atoms with Gasteiger partial charge in [-0.2, -0.15) is 0 Å². The first-order chi connectivity index (χ1) is 9.66. The van der Waals surface area contributed by atoms with Crippen molar-refractivity contribution in [1.82, 2.24) is 4.90 Å². The Hall–Kier alpha value is -0.300. The molecule has 0 saturated carbocycles. The van der Waals surface area contributed by atoms with Crippen molar-refractivity contribution >= 4 is 0 Å². The van der Waals surface area contributed by atoms with Crippen LogP contribution in [0.4, 0.5) is 0 Å². The number of hydrogen-bond acceptors (Lipinski definition) is 1. The molecule has 0 N–H and O–H groups in total. The minimum atomic E-state index is 1.15. The maximum absolute atomic E-state index is 4.18. The normalized spacial score (nSPS) is 11.2. The Morgan fingerprint density at radius 1 is 0.700 bits per heavy atom. The smallest absolute Gasteiger partial charge is 0.00124 e. The zero-order valence-electron chi connectivity index (χ0n) is 14.6. The van der Waals surface area contributed by atoms with Crippen LogP contribution in [0, 0.1) is 0 Å². The molecule has 0 unspecified atom stereocenters. The third-order valence-electron chi connectivity index (χ3n) is 4.05. The second kappa shape index (κ2) is 15.1. The third kappa shape index (κ3) is 15.8. The average molecular weight is 282 g/mol. The Bertz CT molecular complexity index is 208. The summed E-state index contributed by atoms with van der Waals surface area (Å²) in [5, 5.41) is 0. The molecule has 0 bridgehead atoms. The van der Waals surface area contributed by atoms with E-state index in [1.165, 1.54) is 89.0 Å². The van der Waals surface area contributed by atoms with E-state index in [0.29, 0.717) is 0 Å². The van der Waals surface area contributed by atoms with Crippen LogP contribution >= 0.6 is 0 Å². The van der Waals surface area contributed by atoms with Gasteiger partial charge >= 0.3 is 0 Å². The first-order valence-electron chi connectivity index (χ1n) is 8.98. The quantitative estimate of drug-likeness (QED) is 0.255. The number of hydrogen-bond donors (Lipinski definition) is 0. The van der Waals surface area contributed by atoms with Crippen molar-refractivity contribution in [2.45, 2.75) is 90.4 Å². The van der Waals surface area contributed by atoms with Gasteiger partial charge in [-0.15, -0.1) is 0 Å². The zero-order valence-corrected chi connectivity index (χ0v) is 14.6. The SMILES string of the molecule is C=C(CCCCCCCCCCCCC)CCN(C)C. The maximum Gasteiger partial charge on any atom is 0.00124 e. The first kappa shape index (κ1) is 19.7. The molecule has 0 heterocycles. The van der Waals surface area contributed by atoms with Crippen molar-refractivity contribution in [3.8, 4) is 0 Å². The molecule has 0 aromatic heterocycles. The van der Waals surface area contributed by atoms with E-state index < -0.39 is 0 Å². The van der Waals surface area contributed by atoms with Gasteiger partial charge in [0.15, 0.2) is 0 Å². The van der Waals surface area contributed by atoms with Crippen molar-refractivity contribution in [2.24, 2.45) is 0 Å². The Kier molecular flexibility index (Phi) is 14.9. The molecule has 0 aliphatic heterocycles. The summed E-state index contributed by atoms with van der Waals surface area (Å²) in [6.45, 7) is 7.62. The Morgan fingerprint density at radius 2 is 1.15 bits per heavy atom. The molecule has 0 rings (SSSR count). The minimum Gasteiger partial charge on any atom is -0.309 e. The van der Waals surface area contributed by atoms with Crippen LogP contribution in [0.1, 0.15) is 90.4 Å². The molecule has 0 aliphatic carbocycles. The average Bonchev–Trinajstić information content (AvgIpc) is 2.42. The van der Waals surface area contributed by atoms with Crippen LogP contribution in [0.15, 0.2) is 12.2 Å².